The second-order valence-corrected chi connectivity index (χ2v) is 8.01. The Balaban J connectivity index is 2.20. The fourth-order valence-corrected chi connectivity index (χ4v) is 3.59. The van der Waals surface area contributed by atoms with E-state index in [1.165, 1.54) is 70.3 Å². The third-order valence-corrected chi connectivity index (χ3v) is 5.41. The maximum atomic E-state index is 12.4. The normalized spacial score (nSPS) is 12.1. The van der Waals surface area contributed by atoms with E-state index in [9.17, 15) is 9.90 Å². The van der Waals surface area contributed by atoms with E-state index in [4.69, 9.17) is 4.74 Å². The number of aromatic hydroxyl groups is 1. The molecule has 0 spiro atoms. The van der Waals surface area contributed by atoms with E-state index in [1.54, 1.807) is 18.2 Å². The minimum atomic E-state index is -0.401. The second-order valence-electron chi connectivity index (χ2n) is 8.01. The largest absolute Gasteiger partial charge is 0.507 e. The molecule has 0 fully saturated rings. The zero-order chi connectivity index (χ0) is 20.5. The number of carbonyl (C=O) groups excluding carboxylic acids is 1. The fraction of sp³-hybridized carbons (Fsp3) is 0.720. The second kappa shape index (κ2) is 16.4. The third kappa shape index (κ3) is 11.4. The Morgan fingerprint density at radius 3 is 1.86 bits per heavy atom. The van der Waals surface area contributed by atoms with Crippen molar-refractivity contribution in [1.82, 2.24) is 0 Å². The van der Waals surface area contributed by atoms with Crippen LogP contribution in [0, 0.1) is 0 Å². The highest BCUT2D eigenvalue weighted by Gasteiger charge is 2.17. The van der Waals surface area contributed by atoms with E-state index >= 15 is 0 Å². The number of unbranched alkanes of at least 4 members (excludes halogenated alkanes) is 11. The van der Waals surface area contributed by atoms with Crippen LogP contribution in [0.15, 0.2) is 24.3 Å². The van der Waals surface area contributed by atoms with E-state index in [-0.39, 0.29) is 17.4 Å². The number of hydrogen-bond donors (Lipinski definition) is 1. The van der Waals surface area contributed by atoms with Gasteiger partial charge in [0, 0.05) is 0 Å². The van der Waals surface area contributed by atoms with Gasteiger partial charge in [-0.1, -0.05) is 103 Å². The molecule has 0 saturated heterocycles. The van der Waals surface area contributed by atoms with Crippen LogP contribution in [0.3, 0.4) is 0 Å². The highest BCUT2D eigenvalue weighted by atomic mass is 16.5. The molecule has 0 heterocycles. The van der Waals surface area contributed by atoms with Gasteiger partial charge in [0.25, 0.3) is 0 Å². The molecule has 0 aromatic heterocycles. The van der Waals surface area contributed by atoms with Crippen molar-refractivity contribution in [3.05, 3.63) is 29.8 Å². The maximum absolute atomic E-state index is 12.4. The lowest BCUT2D eigenvalue weighted by atomic mass is 10.0. The molecule has 0 radical (unpaired) electrons. The zero-order valence-electron chi connectivity index (χ0n) is 18.3. The summed E-state index contributed by atoms with van der Waals surface area (Å²) in [6, 6.07) is 6.62. The Kier molecular flexibility index (Phi) is 14.4. The summed E-state index contributed by atoms with van der Waals surface area (Å²) >= 11 is 0. The number of para-hydroxylation sites is 1. The standard InChI is InChI=1S/C25H42O3/c1-3-5-7-8-9-10-11-12-13-14-15-19-22(18-6-4-2)28-25(27)23-20-16-17-21-24(23)26/h16-17,20-22,26H,3-15,18-19H2,1-2H3. The Hall–Kier alpha value is -1.51. The molecule has 3 heteroatoms. The molecule has 1 rings (SSSR count). The van der Waals surface area contributed by atoms with E-state index in [1.807, 2.05) is 0 Å². The molecule has 28 heavy (non-hydrogen) atoms. The summed E-state index contributed by atoms with van der Waals surface area (Å²) < 4.78 is 5.71. The van der Waals surface area contributed by atoms with Gasteiger partial charge in [-0.3, -0.25) is 0 Å². The monoisotopic (exact) mass is 390 g/mol. The summed E-state index contributed by atoms with van der Waals surface area (Å²) in [5.74, 6) is -0.404. The smallest absolute Gasteiger partial charge is 0.342 e. The minimum Gasteiger partial charge on any atom is -0.507 e. The first-order valence-corrected chi connectivity index (χ1v) is 11.7. The SMILES string of the molecule is CCCCCCCCCCCCCC(CCCC)OC(=O)c1ccccc1O. The fourth-order valence-electron chi connectivity index (χ4n) is 3.59. The number of hydrogen-bond acceptors (Lipinski definition) is 3. The molecule has 0 aliphatic heterocycles. The number of carbonyl (C=O) groups is 1. The van der Waals surface area contributed by atoms with Crippen molar-refractivity contribution in [1.29, 1.82) is 0 Å². The highest BCUT2D eigenvalue weighted by Crippen LogP contribution is 2.21. The quantitative estimate of drug-likeness (QED) is 0.218. The van der Waals surface area contributed by atoms with Crippen molar-refractivity contribution < 1.29 is 14.6 Å². The van der Waals surface area contributed by atoms with Gasteiger partial charge in [0.1, 0.15) is 17.4 Å². The summed E-state index contributed by atoms with van der Waals surface area (Å²) in [4.78, 5) is 12.4. The molecule has 3 nitrogen and oxygen atoms in total. The maximum Gasteiger partial charge on any atom is 0.342 e. The van der Waals surface area contributed by atoms with Gasteiger partial charge in [-0.25, -0.2) is 4.79 Å². The van der Waals surface area contributed by atoms with Crippen LogP contribution in [0.4, 0.5) is 0 Å². The number of esters is 1. The van der Waals surface area contributed by atoms with Crippen molar-refractivity contribution in [2.75, 3.05) is 0 Å². The van der Waals surface area contributed by atoms with Gasteiger partial charge in [-0.05, 0) is 31.4 Å². The summed E-state index contributed by atoms with van der Waals surface area (Å²) in [5, 5.41) is 9.85. The van der Waals surface area contributed by atoms with E-state index < -0.39 is 5.97 Å². The minimum absolute atomic E-state index is 0.00330. The van der Waals surface area contributed by atoms with Gasteiger partial charge >= 0.3 is 5.97 Å². The lowest BCUT2D eigenvalue weighted by Gasteiger charge is -2.18. The molecule has 160 valence electrons. The lowest BCUT2D eigenvalue weighted by Crippen LogP contribution is -2.18. The topological polar surface area (TPSA) is 46.5 Å². The summed E-state index contributed by atoms with van der Waals surface area (Å²) in [6.45, 7) is 4.42. The van der Waals surface area contributed by atoms with Crippen LogP contribution in [-0.2, 0) is 4.74 Å². The van der Waals surface area contributed by atoms with E-state index in [2.05, 4.69) is 13.8 Å². The van der Waals surface area contributed by atoms with Crippen molar-refractivity contribution in [2.24, 2.45) is 0 Å². The molecular weight excluding hydrogens is 348 g/mol. The lowest BCUT2D eigenvalue weighted by molar-refractivity contribution is 0.0247. The average Bonchev–Trinajstić information content (AvgIpc) is 2.70. The van der Waals surface area contributed by atoms with Crippen LogP contribution in [0.5, 0.6) is 5.75 Å². The summed E-state index contributed by atoms with van der Waals surface area (Å²) in [6.07, 6.45) is 18.5. The van der Waals surface area contributed by atoms with Gasteiger partial charge in [-0.2, -0.15) is 0 Å². The molecule has 1 atom stereocenters. The van der Waals surface area contributed by atoms with Gasteiger partial charge < -0.3 is 9.84 Å². The molecule has 0 saturated carbocycles. The number of benzene rings is 1. The molecule has 1 unspecified atom stereocenters. The van der Waals surface area contributed by atoms with Crippen molar-refractivity contribution in [3.63, 3.8) is 0 Å². The van der Waals surface area contributed by atoms with Gasteiger partial charge in [0.2, 0.25) is 0 Å². The van der Waals surface area contributed by atoms with Crippen molar-refractivity contribution >= 4 is 5.97 Å². The first kappa shape index (κ1) is 24.5. The van der Waals surface area contributed by atoms with Crippen LogP contribution >= 0.6 is 0 Å². The number of rotatable bonds is 17. The van der Waals surface area contributed by atoms with Crippen LogP contribution < -0.4 is 0 Å². The number of phenolic OH excluding ortho intramolecular Hbond substituents is 1. The highest BCUT2D eigenvalue weighted by molar-refractivity contribution is 5.92. The van der Waals surface area contributed by atoms with Crippen LogP contribution in [-0.4, -0.2) is 17.2 Å². The molecule has 0 aliphatic carbocycles. The number of phenols is 1. The molecular formula is C25H42O3. The Labute approximate surface area is 172 Å². The molecule has 1 aromatic rings. The summed E-state index contributed by atoms with van der Waals surface area (Å²) in [5.41, 5.74) is 0.267. The van der Waals surface area contributed by atoms with Crippen LogP contribution in [0.25, 0.3) is 0 Å². The molecule has 0 aliphatic rings. The summed E-state index contributed by atoms with van der Waals surface area (Å²) in [7, 11) is 0. The van der Waals surface area contributed by atoms with Gasteiger partial charge in [0.15, 0.2) is 0 Å². The Morgan fingerprint density at radius 2 is 1.29 bits per heavy atom. The third-order valence-electron chi connectivity index (χ3n) is 5.41. The predicted molar refractivity (Wildman–Crippen MR) is 118 cm³/mol. The van der Waals surface area contributed by atoms with Crippen LogP contribution in [0.1, 0.15) is 121 Å². The first-order chi connectivity index (χ1) is 13.7. The molecule has 1 aromatic carbocycles. The number of ether oxygens (including phenoxy) is 1. The van der Waals surface area contributed by atoms with Gasteiger partial charge in [-0.15, -0.1) is 0 Å². The predicted octanol–water partition coefficient (Wildman–Crippen LogP) is 7.81. The average molecular weight is 391 g/mol. The van der Waals surface area contributed by atoms with E-state index in [0.717, 1.165) is 32.1 Å². The van der Waals surface area contributed by atoms with Gasteiger partial charge in [0.05, 0.1) is 0 Å². The van der Waals surface area contributed by atoms with E-state index in [0.29, 0.717) is 0 Å². The Morgan fingerprint density at radius 1 is 0.786 bits per heavy atom. The van der Waals surface area contributed by atoms with Crippen LogP contribution in [0.2, 0.25) is 0 Å². The first-order valence-electron chi connectivity index (χ1n) is 11.7. The Bertz CT molecular complexity index is 512. The molecule has 0 amide bonds. The molecule has 1 N–H and O–H groups in total. The zero-order valence-corrected chi connectivity index (χ0v) is 18.3. The van der Waals surface area contributed by atoms with Crippen molar-refractivity contribution in [2.45, 2.75) is 116 Å². The van der Waals surface area contributed by atoms with Crippen molar-refractivity contribution in [3.8, 4) is 5.75 Å². The molecule has 0 bridgehead atoms.